The number of carboxylic acids is 1. The van der Waals surface area contributed by atoms with Crippen LogP contribution in [0, 0.1) is 5.82 Å². The number of methoxy groups -OCH3 is 2. The highest BCUT2D eigenvalue weighted by atomic mass is 19.1. The molecule has 1 fully saturated rings. The van der Waals surface area contributed by atoms with Crippen LogP contribution in [0.5, 0.6) is 0 Å². The summed E-state index contributed by atoms with van der Waals surface area (Å²) in [6.07, 6.45) is -0.986. The van der Waals surface area contributed by atoms with E-state index in [1.807, 2.05) is 4.90 Å². The molecule has 1 unspecified atom stereocenters. The van der Waals surface area contributed by atoms with E-state index in [9.17, 15) is 9.18 Å². The average Bonchev–Trinajstić information content (AvgIpc) is 2.31. The lowest BCUT2D eigenvalue weighted by atomic mass is 10.0. The number of aliphatic carboxylic acids is 1. The van der Waals surface area contributed by atoms with E-state index in [-0.39, 0.29) is 11.9 Å². The summed E-state index contributed by atoms with van der Waals surface area (Å²) in [7, 11) is 2.92. The third-order valence-electron chi connectivity index (χ3n) is 3.25. The number of hydrogen-bond acceptors (Lipinski definition) is 4. The number of halogens is 1. The Balaban J connectivity index is 2.22. The zero-order valence-corrected chi connectivity index (χ0v) is 10.8. The summed E-state index contributed by atoms with van der Waals surface area (Å²) in [5.41, 5.74) is 0.807. The van der Waals surface area contributed by atoms with Crippen molar-refractivity contribution in [1.29, 1.82) is 0 Å². The fourth-order valence-corrected chi connectivity index (χ4v) is 2.10. The first-order valence-corrected chi connectivity index (χ1v) is 5.89. The number of anilines is 1. The van der Waals surface area contributed by atoms with Gasteiger partial charge in [-0.3, -0.25) is 0 Å². The predicted molar refractivity (Wildman–Crippen MR) is 66.8 cm³/mol. The third-order valence-corrected chi connectivity index (χ3v) is 3.25. The number of benzene rings is 1. The Kier molecular flexibility index (Phi) is 4.01. The highest BCUT2D eigenvalue weighted by Crippen LogP contribution is 2.29. The molecule has 1 aliphatic heterocycles. The van der Waals surface area contributed by atoms with Gasteiger partial charge in [0.25, 0.3) is 0 Å². The SMILES string of the molecule is COC1CN(c2cc(C(OC)C(=O)O)ccc2F)C1. The van der Waals surface area contributed by atoms with Crippen molar-refractivity contribution in [2.24, 2.45) is 0 Å². The van der Waals surface area contributed by atoms with Crippen LogP contribution in [0.3, 0.4) is 0 Å². The van der Waals surface area contributed by atoms with E-state index in [1.165, 1.54) is 25.3 Å². The summed E-state index contributed by atoms with van der Waals surface area (Å²) < 4.78 is 23.8. The van der Waals surface area contributed by atoms with E-state index >= 15 is 0 Å². The third kappa shape index (κ3) is 2.69. The average molecular weight is 269 g/mol. The van der Waals surface area contributed by atoms with Gasteiger partial charge in [0.2, 0.25) is 0 Å². The number of ether oxygens (including phenoxy) is 2. The van der Waals surface area contributed by atoms with Crippen LogP contribution in [0.15, 0.2) is 18.2 Å². The molecule has 1 aromatic carbocycles. The van der Waals surface area contributed by atoms with Crippen LogP contribution >= 0.6 is 0 Å². The number of carboxylic acid groups (broad SMARTS) is 1. The first-order valence-electron chi connectivity index (χ1n) is 5.89. The van der Waals surface area contributed by atoms with Crippen molar-refractivity contribution in [3.63, 3.8) is 0 Å². The predicted octanol–water partition coefficient (Wildman–Crippen LogP) is 1.43. The van der Waals surface area contributed by atoms with E-state index < -0.39 is 12.1 Å². The number of hydrogen-bond donors (Lipinski definition) is 1. The monoisotopic (exact) mass is 269 g/mol. The zero-order chi connectivity index (χ0) is 14.0. The summed E-state index contributed by atoms with van der Waals surface area (Å²) in [5, 5.41) is 9.02. The maximum absolute atomic E-state index is 13.8. The van der Waals surface area contributed by atoms with E-state index in [1.54, 1.807) is 7.11 Å². The van der Waals surface area contributed by atoms with Crippen molar-refractivity contribution >= 4 is 11.7 Å². The van der Waals surface area contributed by atoms with Crippen molar-refractivity contribution in [2.75, 3.05) is 32.2 Å². The van der Waals surface area contributed by atoms with Gasteiger partial charge >= 0.3 is 5.97 Å². The van der Waals surface area contributed by atoms with Crippen LogP contribution in [0.1, 0.15) is 11.7 Å². The minimum Gasteiger partial charge on any atom is -0.479 e. The van der Waals surface area contributed by atoms with Crippen LogP contribution in [-0.4, -0.2) is 44.5 Å². The molecule has 1 N–H and O–H groups in total. The molecule has 0 bridgehead atoms. The van der Waals surface area contributed by atoms with Crippen LogP contribution in [-0.2, 0) is 14.3 Å². The first kappa shape index (κ1) is 13.8. The quantitative estimate of drug-likeness (QED) is 0.876. The van der Waals surface area contributed by atoms with Crippen LogP contribution in [0.2, 0.25) is 0 Å². The Morgan fingerprint density at radius 1 is 1.47 bits per heavy atom. The Hall–Kier alpha value is -1.66. The highest BCUT2D eigenvalue weighted by molar-refractivity contribution is 5.75. The molecule has 2 rings (SSSR count). The number of nitrogens with zero attached hydrogens (tertiary/aromatic N) is 1. The van der Waals surface area contributed by atoms with Crippen molar-refractivity contribution in [1.82, 2.24) is 0 Å². The zero-order valence-electron chi connectivity index (χ0n) is 10.8. The van der Waals surface area contributed by atoms with Crippen molar-refractivity contribution in [2.45, 2.75) is 12.2 Å². The van der Waals surface area contributed by atoms with Crippen LogP contribution in [0.4, 0.5) is 10.1 Å². The van der Waals surface area contributed by atoms with Gasteiger partial charge in [-0.05, 0) is 17.7 Å². The van der Waals surface area contributed by atoms with Gasteiger partial charge in [-0.25, -0.2) is 9.18 Å². The van der Waals surface area contributed by atoms with Crippen molar-refractivity contribution in [3.05, 3.63) is 29.6 Å². The Bertz CT molecular complexity index is 474. The van der Waals surface area contributed by atoms with Gasteiger partial charge in [0.15, 0.2) is 6.10 Å². The molecule has 1 atom stereocenters. The highest BCUT2D eigenvalue weighted by Gasteiger charge is 2.29. The van der Waals surface area contributed by atoms with E-state index in [0.717, 1.165) is 0 Å². The topological polar surface area (TPSA) is 59.0 Å². The van der Waals surface area contributed by atoms with Gasteiger partial charge in [-0.15, -0.1) is 0 Å². The van der Waals surface area contributed by atoms with Gasteiger partial charge in [0.1, 0.15) is 5.82 Å². The molecule has 0 radical (unpaired) electrons. The second kappa shape index (κ2) is 5.54. The lowest BCUT2D eigenvalue weighted by Crippen LogP contribution is -2.52. The second-order valence-corrected chi connectivity index (χ2v) is 4.43. The van der Waals surface area contributed by atoms with Crippen molar-refractivity contribution in [3.8, 4) is 0 Å². The summed E-state index contributed by atoms with van der Waals surface area (Å²) >= 11 is 0. The molecular formula is C13H16FNO4. The largest absolute Gasteiger partial charge is 0.479 e. The first-order chi connectivity index (χ1) is 9.06. The fraction of sp³-hybridized carbons (Fsp3) is 0.462. The van der Waals surface area contributed by atoms with Gasteiger partial charge in [-0.1, -0.05) is 6.07 Å². The molecule has 5 nitrogen and oxygen atoms in total. The maximum Gasteiger partial charge on any atom is 0.337 e. The molecule has 0 amide bonds. The summed E-state index contributed by atoms with van der Waals surface area (Å²) in [4.78, 5) is 12.8. The van der Waals surface area contributed by atoms with Crippen LogP contribution in [0.25, 0.3) is 0 Å². The molecule has 104 valence electrons. The fourth-order valence-electron chi connectivity index (χ4n) is 2.10. The molecule has 0 spiro atoms. The van der Waals surface area contributed by atoms with E-state index in [0.29, 0.717) is 24.3 Å². The molecule has 1 saturated heterocycles. The van der Waals surface area contributed by atoms with Gasteiger partial charge < -0.3 is 19.5 Å². The van der Waals surface area contributed by atoms with Crippen molar-refractivity contribution < 1.29 is 23.8 Å². The second-order valence-electron chi connectivity index (χ2n) is 4.43. The lowest BCUT2D eigenvalue weighted by Gasteiger charge is -2.40. The molecule has 1 heterocycles. The molecule has 0 saturated carbocycles. The summed E-state index contributed by atoms with van der Waals surface area (Å²) in [5.74, 6) is -1.48. The number of rotatable bonds is 5. The molecular weight excluding hydrogens is 253 g/mol. The lowest BCUT2D eigenvalue weighted by molar-refractivity contribution is -0.148. The number of carbonyl (C=O) groups is 1. The Morgan fingerprint density at radius 2 is 2.16 bits per heavy atom. The normalized spacial score (nSPS) is 17.1. The maximum atomic E-state index is 13.8. The summed E-state index contributed by atoms with van der Waals surface area (Å²) in [6.45, 7) is 1.20. The molecule has 6 heteroatoms. The standard InChI is InChI=1S/C13H16FNO4/c1-18-9-6-15(7-9)11-5-8(3-4-10(11)14)12(19-2)13(16)17/h3-5,9,12H,6-7H2,1-2H3,(H,16,17). The van der Waals surface area contributed by atoms with Crippen LogP contribution < -0.4 is 4.90 Å². The smallest absolute Gasteiger partial charge is 0.337 e. The summed E-state index contributed by atoms with van der Waals surface area (Å²) in [6, 6.07) is 4.21. The molecule has 1 aliphatic rings. The van der Waals surface area contributed by atoms with E-state index in [2.05, 4.69) is 0 Å². The minimum atomic E-state index is -1.10. The van der Waals surface area contributed by atoms with Gasteiger partial charge in [0.05, 0.1) is 11.8 Å². The van der Waals surface area contributed by atoms with Gasteiger partial charge in [0, 0.05) is 27.3 Å². The molecule has 1 aromatic rings. The Morgan fingerprint density at radius 3 is 2.68 bits per heavy atom. The molecule has 19 heavy (non-hydrogen) atoms. The van der Waals surface area contributed by atoms with E-state index in [4.69, 9.17) is 14.6 Å². The Labute approximate surface area is 110 Å². The molecule has 0 aromatic heterocycles. The molecule has 0 aliphatic carbocycles. The minimum absolute atomic E-state index is 0.0979. The van der Waals surface area contributed by atoms with Gasteiger partial charge in [-0.2, -0.15) is 0 Å².